The summed E-state index contributed by atoms with van der Waals surface area (Å²) in [6.07, 6.45) is 0.582. The van der Waals surface area contributed by atoms with Crippen LogP contribution in [0.2, 0.25) is 19.6 Å². The van der Waals surface area contributed by atoms with Gasteiger partial charge in [0.2, 0.25) is 11.7 Å². The number of benzene rings is 9. The summed E-state index contributed by atoms with van der Waals surface area (Å²) in [7, 11) is -7.05. The van der Waals surface area contributed by atoms with E-state index in [0.29, 0.717) is 86.8 Å². The Kier molecular flexibility index (Phi) is 34.2. The molecule has 0 aromatic heterocycles. The lowest BCUT2D eigenvalue weighted by Gasteiger charge is -2.11. The topological polar surface area (TPSA) is 291 Å². The summed E-state index contributed by atoms with van der Waals surface area (Å²) in [4.78, 5) is 48.5. The third-order valence-corrected chi connectivity index (χ3v) is 24.6. The molecule has 0 spiro atoms. The molecule has 9 aromatic carbocycles. The standard InChI is InChI=1S/C23H22FNO3S2.C22H26O5SSi.C19H22O6S.C17H17ClO6S/c1-17-6-10-20(11-7-17)29-15-14-23(26)25-19-8-12-21(13-9-19)30(27,28)16-18-4-2-3-5-22(18)24;1-26-20-8-11-22(27-2)18(15-20)16-28(24,25)21-9-6-17(7-10-21)14-19(23)12-13-29(3,4)5;1-4-25-19(20)11-14-5-8-17(9-6-14)26(21,22)13-15-12-16(23-2)7-10-18(15)24-3;1-22-14-5-8-16(23-2)13(10-14)11-25(20,21)15-6-3-12(4-7-15)9-17(19)24-18/h2-13H,14-16H2,1H3,(H,25,26);6-11,15H,14,16H2,1-5H3;5-10,12H,4,11,13H2,1-3H3;3-8,10H,9,11H2,1-2H3. The molecule has 0 unspecified atom stereocenters. The Balaban J connectivity index is 0.000000230. The Bertz CT molecular complexity index is 5150. The van der Waals surface area contributed by atoms with E-state index >= 15 is 0 Å². The number of carbonyl (C=O) groups excluding carboxylic acids is 4. The fourth-order valence-corrected chi connectivity index (χ4v) is 17.0. The van der Waals surface area contributed by atoms with Crippen LogP contribution in [0.3, 0.4) is 0 Å². The SMILES string of the molecule is CCOC(=O)Cc1ccc(S(=O)(=O)Cc2cc(OC)ccc2OC)cc1.COc1ccc(OC)c(CS(=O)(=O)c2ccc(CC(=O)C#C[Si](C)(C)C)cc2)c1.COc1ccc(OC)c(CS(=O)(=O)c2ccc(CC(=O)OCl)cc2)c1.Cc1ccc(SCCC(=O)Nc2ccc(S(=O)(=O)Cc3ccccc3F)cc2)cc1. The number of rotatable bonds is 30. The molecule has 0 bridgehead atoms. The molecule has 0 heterocycles. The Morgan fingerprint density at radius 2 is 0.836 bits per heavy atom. The first-order chi connectivity index (χ1) is 52.1. The Morgan fingerprint density at radius 1 is 0.464 bits per heavy atom. The summed E-state index contributed by atoms with van der Waals surface area (Å²) in [5, 5.41) is 2.77. The van der Waals surface area contributed by atoms with Crippen LogP contribution in [0.25, 0.3) is 0 Å². The number of ketones is 1. The molecule has 29 heteroatoms. The average Bonchev–Trinajstić information content (AvgIpc) is 0.824. The second-order valence-corrected chi connectivity index (χ2v) is 39.3. The Morgan fingerprint density at radius 3 is 1.20 bits per heavy atom. The number of esters is 1. The average molecular weight is 1640 g/mol. The minimum atomic E-state index is -3.69. The van der Waals surface area contributed by atoms with Crippen LogP contribution < -0.4 is 33.7 Å². The molecule has 9 rings (SSSR count). The van der Waals surface area contributed by atoms with Crippen LogP contribution in [0.1, 0.15) is 57.9 Å². The molecule has 21 nitrogen and oxygen atoms in total. The summed E-state index contributed by atoms with van der Waals surface area (Å²) in [5.41, 5.74) is 8.45. The zero-order chi connectivity index (χ0) is 80.8. The second-order valence-electron chi connectivity index (χ2n) is 25.3. The highest BCUT2D eigenvalue weighted by molar-refractivity contribution is 7.99. The molecule has 0 fully saturated rings. The van der Waals surface area contributed by atoms with Crippen LogP contribution >= 0.6 is 23.6 Å². The smallest absolute Gasteiger partial charge is 0.329 e. The number of carbonyl (C=O) groups is 4. The first-order valence-corrected chi connectivity index (χ1v) is 45.2. The molecule has 9 aromatic rings. The summed E-state index contributed by atoms with van der Waals surface area (Å²) in [6.45, 7) is 10.3. The zero-order valence-corrected chi connectivity index (χ0v) is 68.4. The van der Waals surface area contributed by atoms with Gasteiger partial charge in [-0.05, 0) is 170 Å². The van der Waals surface area contributed by atoms with Gasteiger partial charge in [-0.1, -0.05) is 91.9 Å². The largest absolute Gasteiger partial charge is 0.497 e. The molecule has 0 atom stereocenters. The lowest BCUT2D eigenvalue weighted by molar-refractivity contribution is -0.142. The van der Waals surface area contributed by atoms with E-state index in [1.807, 2.05) is 31.2 Å². The number of thioether (sulfide) groups is 1. The van der Waals surface area contributed by atoms with E-state index in [4.69, 9.17) is 45.0 Å². The highest BCUT2D eigenvalue weighted by atomic mass is 35.5. The number of ether oxygens (including phenoxy) is 7. The maximum Gasteiger partial charge on any atom is 0.329 e. The molecule has 0 aliphatic rings. The van der Waals surface area contributed by atoms with Gasteiger partial charge in [-0.15, -0.1) is 17.3 Å². The van der Waals surface area contributed by atoms with E-state index in [2.05, 4.69) is 40.7 Å². The maximum atomic E-state index is 13.8. The van der Waals surface area contributed by atoms with Gasteiger partial charge in [0.05, 0.1) is 105 Å². The predicted molar refractivity (Wildman–Crippen MR) is 425 cm³/mol. The molecule has 584 valence electrons. The Labute approximate surface area is 654 Å². The van der Waals surface area contributed by atoms with Crippen molar-refractivity contribution in [3.8, 4) is 46.0 Å². The van der Waals surface area contributed by atoms with Crippen molar-refractivity contribution in [3.05, 3.63) is 251 Å². The van der Waals surface area contributed by atoms with Crippen LogP contribution in [-0.4, -0.2) is 120 Å². The number of sulfone groups is 4. The molecule has 1 N–H and O–H groups in total. The summed E-state index contributed by atoms with van der Waals surface area (Å²) in [6, 6.07) is 53.5. The lowest BCUT2D eigenvalue weighted by Crippen LogP contribution is -2.17. The van der Waals surface area contributed by atoms with Gasteiger partial charge in [-0.2, -0.15) is 0 Å². The van der Waals surface area contributed by atoms with Crippen molar-refractivity contribution < 1.29 is 94.7 Å². The van der Waals surface area contributed by atoms with Crippen LogP contribution in [0.4, 0.5) is 10.1 Å². The van der Waals surface area contributed by atoms with Gasteiger partial charge in [-0.25, -0.2) is 38.1 Å². The van der Waals surface area contributed by atoms with Crippen molar-refractivity contribution in [2.45, 2.75) is 107 Å². The van der Waals surface area contributed by atoms with E-state index in [-0.39, 0.29) is 79.3 Å². The van der Waals surface area contributed by atoms with Crippen LogP contribution in [0, 0.1) is 24.2 Å². The number of Topliss-reactive ketones (excluding diaryl/α,β-unsaturated/α-hetero) is 1. The van der Waals surface area contributed by atoms with Crippen LogP contribution in [0.15, 0.2) is 225 Å². The predicted octanol–water partition coefficient (Wildman–Crippen LogP) is 14.6. The molecule has 0 saturated heterocycles. The number of amides is 1. The normalized spacial score (nSPS) is 11.2. The molecule has 1 amide bonds. The highest BCUT2D eigenvalue weighted by Gasteiger charge is 2.24. The number of methoxy groups -OCH3 is 6. The molecule has 0 radical (unpaired) electrons. The zero-order valence-electron chi connectivity index (χ0n) is 62.6. The van der Waals surface area contributed by atoms with Crippen molar-refractivity contribution in [2.24, 2.45) is 0 Å². The monoisotopic (exact) mass is 1640 g/mol. The number of hydrogen-bond acceptors (Lipinski definition) is 21. The first-order valence-electron chi connectivity index (χ1n) is 33.8. The maximum absolute atomic E-state index is 13.8. The van der Waals surface area contributed by atoms with E-state index in [9.17, 15) is 57.2 Å². The van der Waals surface area contributed by atoms with Gasteiger partial charge in [0.1, 0.15) is 60.3 Å². The number of aryl methyl sites for hydroxylation is 1. The fraction of sp³-hybridized carbons (Fsp3) is 0.259. The van der Waals surface area contributed by atoms with E-state index < -0.39 is 65.0 Å². The number of anilines is 1. The van der Waals surface area contributed by atoms with Crippen molar-refractivity contribution in [1.82, 2.24) is 0 Å². The summed E-state index contributed by atoms with van der Waals surface area (Å²) >= 11 is 6.59. The highest BCUT2D eigenvalue weighted by Crippen LogP contribution is 2.32. The van der Waals surface area contributed by atoms with E-state index in [1.54, 1.807) is 128 Å². The number of nitrogens with one attached hydrogen (secondary N) is 1. The number of halogens is 2. The molecule has 0 aliphatic carbocycles. The molecular formula is C81H87ClFNO20S5Si. The molecule has 0 saturated carbocycles. The van der Waals surface area contributed by atoms with E-state index in [0.717, 1.165) is 10.5 Å². The third-order valence-electron chi connectivity index (χ3n) is 15.8. The van der Waals surface area contributed by atoms with Crippen molar-refractivity contribution in [1.29, 1.82) is 0 Å². The van der Waals surface area contributed by atoms with E-state index in [1.165, 1.54) is 115 Å². The lowest BCUT2D eigenvalue weighted by atomic mass is 10.1. The summed E-state index contributed by atoms with van der Waals surface area (Å²) in [5.74, 6) is 3.53. The van der Waals surface area contributed by atoms with Crippen molar-refractivity contribution in [3.63, 3.8) is 0 Å². The van der Waals surface area contributed by atoms with Gasteiger partial charge in [-0.3, -0.25) is 19.2 Å². The number of hydrogen-bond donors (Lipinski definition) is 1. The fourth-order valence-electron chi connectivity index (χ4n) is 10.1. The van der Waals surface area contributed by atoms with Gasteiger partial charge in [0.25, 0.3) is 0 Å². The second kappa shape index (κ2) is 42.3. The van der Waals surface area contributed by atoms with Crippen LogP contribution in [0.5, 0.6) is 34.5 Å². The van der Waals surface area contributed by atoms with Gasteiger partial charge >= 0.3 is 11.9 Å². The molecule has 110 heavy (non-hydrogen) atoms. The van der Waals surface area contributed by atoms with Gasteiger partial charge in [0, 0.05) is 51.4 Å². The first kappa shape index (κ1) is 88.9. The van der Waals surface area contributed by atoms with Crippen molar-refractivity contribution in [2.75, 3.05) is 60.3 Å². The van der Waals surface area contributed by atoms with Crippen LogP contribution in [-0.2, 0) is 110 Å². The third kappa shape index (κ3) is 28.8. The molecule has 0 aliphatic heterocycles. The van der Waals surface area contributed by atoms with Gasteiger partial charge in [0.15, 0.2) is 39.3 Å². The Hall–Kier alpha value is -9.99. The van der Waals surface area contributed by atoms with Crippen molar-refractivity contribution >= 4 is 100 Å². The van der Waals surface area contributed by atoms with Gasteiger partial charge < -0.3 is 42.8 Å². The summed E-state index contributed by atoms with van der Waals surface area (Å²) < 4.78 is 155. The minimum Gasteiger partial charge on any atom is -0.497 e. The quantitative estimate of drug-likeness (QED) is 0.0189. The minimum absolute atomic E-state index is 0.0342. The molecular weight excluding hydrogens is 1550 g/mol.